The Bertz CT molecular complexity index is 1500. The number of benzene rings is 2. The van der Waals surface area contributed by atoms with Crippen LogP contribution in [0.5, 0.6) is 0 Å². The summed E-state index contributed by atoms with van der Waals surface area (Å²) < 4.78 is 56.8. The number of esters is 2. The number of para-hydroxylation sites is 1. The maximum Gasteiger partial charge on any atom is 0.302 e. The van der Waals surface area contributed by atoms with Gasteiger partial charge in [0.25, 0.3) is 0 Å². The molecule has 0 amide bonds. The van der Waals surface area contributed by atoms with Gasteiger partial charge in [-0.1, -0.05) is 24.3 Å². The first-order valence-corrected chi connectivity index (χ1v) is 20.2. The number of anilines is 1. The summed E-state index contributed by atoms with van der Waals surface area (Å²) in [5, 5.41) is 0. The highest BCUT2D eigenvalue weighted by atomic mass is 16.6. The lowest BCUT2D eigenvalue weighted by atomic mass is 9.81. The Morgan fingerprint density at radius 3 is 1.41 bits per heavy atom. The fourth-order valence-corrected chi connectivity index (χ4v) is 6.25. The van der Waals surface area contributed by atoms with Crippen LogP contribution in [0.3, 0.4) is 0 Å². The van der Waals surface area contributed by atoms with Crippen LogP contribution in [0.15, 0.2) is 48.5 Å². The molecule has 1 heterocycles. The first-order chi connectivity index (χ1) is 28.1. The molecule has 0 spiro atoms. The lowest BCUT2D eigenvalue weighted by Gasteiger charge is -2.25. The van der Waals surface area contributed by atoms with Crippen LogP contribution in [0.1, 0.15) is 44.4 Å². The summed E-state index contributed by atoms with van der Waals surface area (Å²) in [5.74, 6) is -0.632. The molecule has 0 radical (unpaired) electrons. The molecular weight excluding hydrogens is 748 g/mol. The normalized spacial score (nSPS) is 13.3. The van der Waals surface area contributed by atoms with Crippen molar-refractivity contribution < 1.29 is 61.5 Å². The Labute approximate surface area is 345 Å². The summed E-state index contributed by atoms with van der Waals surface area (Å²) in [6.45, 7) is 18.6. The van der Waals surface area contributed by atoms with Gasteiger partial charge in [-0.25, -0.2) is 0 Å². The van der Waals surface area contributed by atoms with Gasteiger partial charge in [0.2, 0.25) is 5.69 Å². The molecule has 14 nitrogen and oxygen atoms in total. The fraction of sp³-hybridized carbons (Fsp3) is 0.614. The van der Waals surface area contributed by atoms with Crippen LogP contribution in [-0.2, 0) is 62.4 Å². The van der Waals surface area contributed by atoms with Gasteiger partial charge in [0, 0.05) is 50.3 Å². The van der Waals surface area contributed by atoms with E-state index in [1.165, 1.54) is 41.9 Å². The summed E-state index contributed by atoms with van der Waals surface area (Å²) >= 11 is 0. The molecule has 1 aliphatic heterocycles. The van der Waals surface area contributed by atoms with Crippen molar-refractivity contribution in [1.82, 2.24) is 0 Å². The number of hydrogen-bond acceptors (Lipinski definition) is 13. The molecule has 58 heavy (non-hydrogen) atoms. The van der Waals surface area contributed by atoms with Gasteiger partial charge in [-0.2, -0.15) is 4.58 Å². The van der Waals surface area contributed by atoms with Crippen molar-refractivity contribution in [3.63, 3.8) is 0 Å². The van der Waals surface area contributed by atoms with Crippen molar-refractivity contribution in [3.8, 4) is 0 Å². The number of allylic oxidation sites excluding steroid dienone is 1. The van der Waals surface area contributed by atoms with E-state index in [4.69, 9.17) is 47.4 Å². The molecule has 14 heteroatoms. The zero-order valence-corrected chi connectivity index (χ0v) is 35.6. The molecule has 2 aromatic carbocycles. The molecule has 0 bridgehead atoms. The van der Waals surface area contributed by atoms with Gasteiger partial charge in [-0.3, -0.25) is 9.59 Å². The molecule has 0 atom stereocenters. The third kappa shape index (κ3) is 18.9. The van der Waals surface area contributed by atoms with Gasteiger partial charge in [-0.05, 0) is 50.1 Å². The lowest BCUT2D eigenvalue weighted by molar-refractivity contribution is -0.401. The molecule has 3 rings (SSSR count). The number of carbonyl (C=O) groups excluding carboxylic acids is 2. The molecule has 0 unspecified atom stereocenters. The first-order valence-electron chi connectivity index (χ1n) is 20.2. The van der Waals surface area contributed by atoms with Crippen LogP contribution in [0.2, 0.25) is 0 Å². The van der Waals surface area contributed by atoms with E-state index >= 15 is 0 Å². The standard InChI is InChI=1S/C44H67N2O12/c1-36-35-40(13-11-39(36)12-14-43-44(4,5)41-9-7-8-10-42(41)45(43)6)46(15-17-49-19-21-51-23-25-53-27-29-55-31-33-57-37(2)47)16-18-50-20-22-52-24-26-54-28-30-56-32-34-58-38(3)48/h7-14,35H,15-34H2,1-6H3/q+1. The Morgan fingerprint density at radius 1 is 0.586 bits per heavy atom. The van der Waals surface area contributed by atoms with E-state index in [0.717, 1.165) is 5.69 Å². The van der Waals surface area contributed by atoms with Crippen molar-refractivity contribution in [2.75, 3.05) is 144 Å². The smallest absolute Gasteiger partial charge is 0.302 e. The zero-order chi connectivity index (χ0) is 41.9. The predicted octanol–water partition coefficient (Wildman–Crippen LogP) is 4.78. The highest BCUT2D eigenvalue weighted by Gasteiger charge is 2.42. The van der Waals surface area contributed by atoms with E-state index in [1.54, 1.807) is 0 Å². The molecule has 324 valence electrons. The Hall–Kier alpha value is -3.73. The van der Waals surface area contributed by atoms with E-state index in [9.17, 15) is 9.59 Å². The van der Waals surface area contributed by atoms with Crippen molar-refractivity contribution in [2.24, 2.45) is 0 Å². The summed E-state index contributed by atoms with van der Waals surface area (Å²) in [7, 11) is 2.14. The van der Waals surface area contributed by atoms with Gasteiger partial charge in [0.05, 0.1) is 111 Å². The number of nitrogens with zero attached hydrogens (tertiary/aromatic N) is 2. The molecule has 0 aromatic heterocycles. The van der Waals surface area contributed by atoms with Crippen LogP contribution < -0.4 is 4.90 Å². The van der Waals surface area contributed by atoms with E-state index in [1.807, 2.05) is 0 Å². The second-order valence-corrected chi connectivity index (χ2v) is 14.0. The van der Waals surface area contributed by atoms with E-state index < -0.39 is 0 Å². The minimum atomic E-state index is -0.316. The molecule has 0 saturated heterocycles. The third-order valence-electron chi connectivity index (χ3n) is 9.29. The Morgan fingerprint density at radius 2 is 1.00 bits per heavy atom. The van der Waals surface area contributed by atoms with Crippen LogP contribution in [-0.4, -0.2) is 161 Å². The van der Waals surface area contributed by atoms with Gasteiger partial charge in [-0.15, -0.1) is 0 Å². The van der Waals surface area contributed by atoms with E-state index in [0.29, 0.717) is 119 Å². The minimum absolute atomic E-state index is 0.0845. The van der Waals surface area contributed by atoms with Gasteiger partial charge in [0.15, 0.2) is 5.71 Å². The highest BCUT2D eigenvalue weighted by Crippen LogP contribution is 2.39. The lowest BCUT2D eigenvalue weighted by Crippen LogP contribution is -2.31. The van der Waals surface area contributed by atoms with Crippen LogP contribution in [0.4, 0.5) is 11.4 Å². The van der Waals surface area contributed by atoms with Crippen LogP contribution in [0.25, 0.3) is 6.08 Å². The van der Waals surface area contributed by atoms with E-state index in [2.05, 4.69) is 91.9 Å². The Kier molecular flexibility index (Phi) is 24.0. The number of aryl methyl sites for hydroxylation is 1. The van der Waals surface area contributed by atoms with Gasteiger partial charge >= 0.3 is 11.9 Å². The monoisotopic (exact) mass is 815 g/mol. The van der Waals surface area contributed by atoms with Crippen molar-refractivity contribution in [1.29, 1.82) is 0 Å². The molecule has 0 N–H and O–H groups in total. The summed E-state index contributed by atoms with van der Waals surface area (Å²) in [5.41, 5.74) is 7.23. The number of hydrogen-bond donors (Lipinski definition) is 0. The number of fused-ring (bicyclic) bond motifs is 1. The largest absolute Gasteiger partial charge is 0.463 e. The molecule has 0 fully saturated rings. The minimum Gasteiger partial charge on any atom is -0.463 e. The molecule has 1 aliphatic rings. The van der Waals surface area contributed by atoms with Gasteiger partial charge in [0.1, 0.15) is 20.3 Å². The van der Waals surface area contributed by atoms with Crippen molar-refractivity contribution in [3.05, 3.63) is 65.2 Å². The fourth-order valence-electron chi connectivity index (χ4n) is 6.25. The van der Waals surface area contributed by atoms with E-state index in [-0.39, 0.29) is 30.6 Å². The summed E-state index contributed by atoms with van der Waals surface area (Å²) in [4.78, 5) is 23.8. The topological polar surface area (TPSA) is 133 Å². The average molecular weight is 816 g/mol. The maximum atomic E-state index is 10.8. The quantitative estimate of drug-likeness (QED) is 0.0557. The van der Waals surface area contributed by atoms with Gasteiger partial charge < -0.3 is 52.3 Å². The molecule has 2 aromatic rings. The van der Waals surface area contributed by atoms with Crippen LogP contribution in [0, 0.1) is 6.92 Å². The molecule has 0 aliphatic carbocycles. The molecular formula is C44H67N2O12+. The number of rotatable bonds is 33. The van der Waals surface area contributed by atoms with Crippen molar-refractivity contribution in [2.45, 2.75) is 40.0 Å². The second-order valence-electron chi connectivity index (χ2n) is 14.0. The third-order valence-corrected chi connectivity index (χ3v) is 9.29. The predicted molar refractivity (Wildman–Crippen MR) is 223 cm³/mol. The first kappa shape index (κ1) is 48.6. The highest BCUT2D eigenvalue weighted by molar-refractivity contribution is 6.05. The SMILES string of the molecule is CC(=O)OCCOCCOCCOCCOCCN(CCOCCOCCOCCOCCOC(C)=O)c1ccc(/C=C/C2=[N+](C)c3ccccc3C2(C)C)c(C)c1. The maximum absolute atomic E-state index is 10.8. The van der Waals surface area contributed by atoms with Crippen LogP contribution >= 0.6 is 0 Å². The summed E-state index contributed by atoms with van der Waals surface area (Å²) in [6, 6.07) is 15.2. The number of carbonyl (C=O) groups is 2. The second kappa shape index (κ2) is 28.7. The Balaban J connectivity index is 1.40. The number of ether oxygens (including phenoxy) is 10. The molecule has 0 saturated carbocycles. The van der Waals surface area contributed by atoms with Crippen molar-refractivity contribution >= 4 is 35.1 Å². The summed E-state index contributed by atoms with van der Waals surface area (Å²) in [6.07, 6.45) is 4.47. The zero-order valence-electron chi connectivity index (χ0n) is 35.6. The average Bonchev–Trinajstić information content (AvgIpc) is 3.39.